The SMILES string of the molecule is CC(C)(C)n1cc(N)c(-c2cc(F)c(Cl)cc2Cl)n1. The summed E-state index contributed by atoms with van der Waals surface area (Å²) in [6.45, 7) is 5.98. The number of hydrogen-bond donors (Lipinski definition) is 1. The van der Waals surface area contributed by atoms with E-state index in [0.29, 0.717) is 22.0 Å². The first kappa shape index (κ1) is 14.2. The van der Waals surface area contributed by atoms with Gasteiger partial charge in [-0.05, 0) is 32.9 Å². The lowest BCUT2D eigenvalue weighted by Crippen LogP contribution is -2.22. The van der Waals surface area contributed by atoms with Crippen molar-refractivity contribution >= 4 is 28.9 Å². The van der Waals surface area contributed by atoms with Crippen LogP contribution in [0.1, 0.15) is 20.8 Å². The Morgan fingerprint density at radius 1 is 1.21 bits per heavy atom. The summed E-state index contributed by atoms with van der Waals surface area (Å²) in [5.74, 6) is -0.550. The Hall–Kier alpha value is -1.26. The van der Waals surface area contributed by atoms with Crippen LogP contribution >= 0.6 is 23.2 Å². The number of hydrogen-bond acceptors (Lipinski definition) is 2. The molecule has 102 valence electrons. The highest BCUT2D eigenvalue weighted by Crippen LogP contribution is 2.35. The van der Waals surface area contributed by atoms with Gasteiger partial charge < -0.3 is 5.73 Å². The summed E-state index contributed by atoms with van der Waals surface area (Å²) in [5, 5.41) is 4.67. The number of halogens is 3. The Kier molecular flexibility index (Phi) is 3.49. The maximum absolute atomic E-state index is 13.6. The predicted octanol–water partition coefficient (Wildman–Crippen LogP) is 4.33. The summed E-state index contributed by atoms with van der Waals surface area (Å²) in [4.78, 5) is 0. The minimum Gasteiger partial charge on any atom is -0.396 e. The van der Waals surface area contributed by atoms with Crippen LogP contribution in [0.2, 0.25) is 10.0 Å². The molecule has 2 rings (SSSR count). The summed E-state index contributed by atoms with van der Waals surface area (Å²) in [6.07, 6.45) is 1.71. The zero-order chi connectivity index (χ0) is 14.4. The van der Waals surface area contributed by atoms with Gasteiger partial charge in [0.05, 0.1) is 21.3 Å². The van der Waals surface area contributed by atoms with Crippen molar-refractivity contribution in [1.82, 2.24) is 9.78 Å². The van der Waals surface area contributed by atoms with E-state index in [4.69, 9.17) is 28.9 Å². The molecule has 0 saturated carbocycles. The largest absolute Gasteiger partial charge is 0.396 e. The van der Waals surface area contributed by atoms with E-state index in [1.807, 2.05) is 20.8 Å². The van der Waals surface area contributed by atoms with E-state index in [0.717, 1.165) is 0 Å². The van der Waals surface area contributed by atoms with Gasteiger partial charge in [0.15, 0.2) is 0 Å². The normalized spacial score (nSPS) is 11.9. The van der Waals surface area contributed by atoms with Crippen molar-refractivity contribution < 1.29 is 4.39 Å². The molecule has 3 nitrogen and oxygen atoms in total. The minimum atomic E-state index is -0.550. The lowest BCUT2D eigenvalue weighted by atomic mass is 10.1. The van der Waals surface area contributed by atoms with Crippen molar-refractivity contribution in [2.75, 3.05) is 5.73 Å². The molecule has 1 aromatic carbocycles. The molecule has 2 N–H and O–H groups in total. The molecule has 0 aliphatic carbocycles. The lowest BCUT2D eigenvalue weighted by molar-refractivity contribution is 0.356. The molecule has 1 aromatic heterocycles. The quantitative estimate of drug-likeness (QED) is 0.797. The average Bonchev–Trinajstić information content (AvgIpc) is 2.65. The maximum atomic E-state index is 13.6. The van der Waals surface area contributed by atoms with Crippen molar-refractivity contribution in [1.29, 1.82) is 0 Å². The van der Waals surface area contributed by atoms with Crippen LogP contribution in [0.25, 0.3) is 11.3 Å². The van der Waals surface area contributed by atoms with Crippen LogP contribution in [-0.4, -0.2) is 9.78 Å². The molecule has 0 aliphatic heterocycles. The smallest absolute Gasteiger partial charge is 0.142 e. The summed E-state index contributed by atoms with van der Waals surface area (Å²) in [7, 11) is 0. The second kappa shape index (κ2) is 4.69. The molecule has 0 unspecified atom stereocenters. The Morgan fingerprint density at radius 2 is 1.84 bits per heavy atom. The van der Waals surface area contributed by atoms with E-state index in [9.17, 15) is 4.39 Å². The molecule has 6 heteroatoms. The van der Waals surface area contributed by atoms with Crippen molar-refractivity contribution in [3.05, 3.63) is 34.2 Å². The molecule has 0 aliphatic rings. The number of nitrogens with zero attached hydrogens (tertiary/aromatic N) is 2. The summed E-state index contributed by atoms with van der Waals surface area (Å²) < 4.78 is 15.3. The zero-order valence-corrected chi connectivity index (χ0v) is 12.3. The molecular weight excluding hydrogens is 288 g/mol. The fourth-order valence-electron chi connectivity index (χ4n) is 1.64. The van der Waals surface area contributed by atoms with E-state index >= 15 is 0 Å². The number of rotatable bonds is 1. The second-order valence-electron chi connectivity index (χ2n) is 5.29. The van der Waals surface area contributed by atoms with Crippen molar-refractivity contribution in [2.24, 2.45) is 0 Å². The first-order chi connectivity index (χ1) is 8.70. The summed E-state index contributed by atoms with van der Waals surface area (Å²) >= 11 is 11.8. The summed E-state index contributed by atoms with van der Waals surface area (Å²) in [5.41, 5.74) is 7.04. The van der Waals surface area contributed by atoms with E-state index < -0.39 is 5.82 Å². The molecule has 0 bridgehead atoms. The van der Waals surface area contributed by atoms with Crippen LogP contribution in [0.5, 0.6) is 0 Å². The van der Waals surface area contributed by atoms with Gasteiger partial charge in [-0.25, -0.2) is 4.39 Å². The Labute approximate surface area is 121 Å². The average molecular weight is 302 g/mol. The Morgan fingerprint density at radius 3 is 2.37 bits per heavy atom. The van der Waals surface area contributed by atoms with Gasteiger partial charge in [0, 0.05) is 11.8 Å². The van der Waals surface area contributed by atoms with E-state index in [-0.39, 0.29) is 10.6 Å². The first-order valence-corrected chi connectivity index (χ1v) is 6.46. The molecule has 0 amide bonds. The van der Waals surface area contributed by atoms with Gasteiger partial charge >= 0.3 is 0 Å². The van der Waals surface area contributed by atoms with E-state index in [1.54, 1.807) is 10.9 Å². The molecule has 2 aromatic rings. The highest BCUT2D eigenvalue weighted by molar-refractivity contribution is 6.36. The molecule has 0 fully saturated rings. The molecule has 0 saturated heterocycles. The number of anilines is 1. The maximum Gasteiger partial charge on any atom is 0.142 e. The van der Waals surface area contributed by atoms with Crippen molar-refractivity contribution in [2.45, 2.75) is 26.3 Å². The van der Waals surface area contributed by atoms with Gasteiger partial charge in [-0.1, -0.05) is 23.2 Å². The molecule has 19 heavy (non-hydrogen) atoms. The van der Waals surface area contributed by atoms with Crippen LogP contribution in [-0.2, 0) is 5.54 Å². The molecule has 0 spiro atoms. The van der Waals surface area contributed by atoms with Crippen LogP contribution in [0.3, 0.4) is 0 Å². The molecule has 0 radical (unpaired) electrons. The van der Waals surface area contributed by atoms with Crippen LogP contribution < -0.4 is 5.73 Å². The van der Waals surface area contributed by atoms with Gasteiger partial charge in [-0.3, -0.25) is 4.68 Å². The fraction of sp³-hybridized carbons (Fsp3) is 0.308. The zero-order valence-electron chi connectivity index (χ0n) is 10.8. The highest BCUT2D eigenvalue weighted by Gasteiger charge is 2.20. The standard InChI is InChI=1S/C13H14Cl2FN3/c1-13(2,3)19-6-11(17)12(18-19)7-4-10(16)9(15)5-8(7)14/h4-6H,17H2,1-3H3. The van der Waals surface area contributed by atoms with Crippen LogP contribution in [0, 0.1) is 5.82 Å². The molecule has 0 atom stereocenters. The summed E-state index contributed by atoms with van der Waals surface area (Å²) in [6, 6.07) is 2.60. The third kappa shape index (κ3) is 2.69. The van der Waals surface area contributed by atoms with Gasteiger partial charge in [0.2, 0.25) is 0 Å². The number of aromatic nitrogens is 2. The number of nitrogen functional groups attached to an aromatic ring is 1. The van der Waals surface area contributed by atoms with E-state index in [2.05, 4.69) is 5.10 Å². The Balaban J connectivity index is 2.60. The van der Waals surface area contributed by atoms with Gasteiger partial charge in [-0.15, -0.1) is 0 Å². The first-order valence-electron chi connectivity index (χ1n) is 5.70. The minimum absolute atomic E-state index is 0.0254. The Bertz CT molecular complexity index is 630. The van der Waals surface area contributed by atoms with Crippen molar-refractivity contribution in [3.63, 3.8) is 0 Å². The third-order valence-corrected chi connectivity index (χ3v) is 3.30. The van der Waals surface area contributed by atoms with Crippen LogP contribution in [0.15, 0.2) is 18.3 Å². The number of benzene rings is 1. The lowest BCUT2D eigenvalue weighted by Gasteiger charge is -2.18. The van der Waals surface area contributed by atoms with Crippen molar-refractivity contribution in [3.8, 4) is 11.3 Å². The van der Waals surface area contributed by atoms with E-state index in [1.165, 1.54) is 12.1 Å². The molecule has 1 heterocycles. The second-order valence-corrected chi connectivity index (χ2v) is 6.11. The third-order valence-electron chi connectivity index (χ3n) is 2.69. The predicted molar refractivity (Wildman–Crippen MR) is 77.0 cm³/mol. The highest BCUT2D eigenvalue weighted by atomic mass is 35.5. The van der Waals surface area contributed by atoms with Gasteiger partial charge in [0.25, 0.3) is 0 Å². The molecular formula is C13H14Cl2FN3. The van der Waals surface area contributed by atoms with Crippen LogP contribution in [0.4, 0.5) is 10.1 Å². The number of nitrogens with two attached hydrogens (primary N) is 1. The van der Waals surface area contributed by atoms with Gasteiger partial charge in [-0.2, -0.15) is 5.10 Å². The fourth-order valence-corrected chi connectivity index (χ4v) is 2.12. The van der Waals surface area contributed by atoms with Gasteiger partial charge in [0.1, 0.15) is 11.5 Å². The topological polar surface area (TPSA) is 43.8 Å². The monoisotopic (exact) mass is 301 g/mol.